The van der Waals surface area contributed by atoms with Crippen LogP contribution in [-0.4, -0.2) is 72.4 Å². The molecule has 51 heavy (non-hydrogen) atoms. The third kappa shape index (κ3) is 10.8. The van der Waals surface area contributed by atoms with Gasteiger partial charge in [-0.15, -0.1) is 6.58 Å². The molecule has 3 N–H and O–H groups in total. The number of nitrogens with zero attached hydrogens (tertiary/aromatic N) is 2. The number of fused-ring (bicyclic) bond motifs is 1. The summed E-state index contributed by atoms with van der Waals surface area (Å²) >= 11 is 6.31. The van der Waals surface area contributed by atoms with E-state index < -0.39 is 31.6 Å². The van der Waals surface area contributed by atoms with Crippen molar-refractivity contribution in [3.05, 3.63) is 101 Å². The second-order valence-corrected chi connectivity index (χ2v) is 14.5. The van der Waals surface area contributed by atoms with Crippen molar-refractivity contribution >= 4 is 48.5 Å². The van der Waals surface area contributed by atoms with Gasteiger partial charge in [0, 0.05) is 35.8 Å². The van der Waals surface area contributed by atoms with Gasteiger partial charge >= 0.3 is 7.60 Å². The van der Waals surface area contributed by atoms with Gasteiger partial charge in [-0.25, -0.2) is 0 Å². The van der Waals surface area contributed by atoms with Crippen molar-refractivity contribution < 1.29 is 37.5 Å². The average Bonchev–Trinajstić information content (AvgIpc) is 3.08. The van der Waals surface area contributed by atoms with Crippen molar-refractivity contribution in [1.82, 2.24) is 9.80 Å². The zero-order valence-corrected chi connectivity index (χ0v) is 30.7. The maximum absolute atomic E-state index is 14.3. The Kier molecular flexibility index (Phi) is 14.0. The first-order valence-electron chi connectivity index (χ1n) is 16.7. The Labute approximate surface area is 303 Å². The summed E-state index contributed by atoms with van der Waals surface area (Å²) in [5.74, 6) is -0.902. The second-order valence-electron chi connectivity index (χ2n) is 12.0. The summed E-state index contributed by atoms with van der Waals surface area (Å²) < 4.78 is 29.9. The molecule has 12 nitrogen and oxygen atoms in total. The Hall–Kier alpha value is -4.48. The maximum Gasteiger partial charge on any atom is 0.340 e. The van der Waals surface area contributed by atoms with E-state index >= 15 is 0 Å². The molecule has 2 unspecified atom stereocenters. The van der Waals surface area contributed by atoms with Gasteiger partial charge in [0.05, 0.1) is 25.8 Å². The first-order chi connectivity index (χ1) is 24.4. The molecule has 4 amide bonds. The molecule has 0 saturated carbocycles. The standard InChI is InChI=1S/C37H44ClN4O8P/c1-5-16-41(23-34(39)43)36(45)15-17-42-33(27-9-8-10-29(19-27)50-30-14-11-25(4)32(38)22-30)20-26-12-13-28(21-31(26)37(42)46)40-35(44)24-51(47,48-7-3)49-18-6-2/h5,8-14,19,21-22,33H,1,6-7,15-18,20,23-24H2,2-4H3,(H2,39,43)(H,40,44). The first kappa shape index (κ1) is 39.3. The molecule has 14 heteroatoms. The van der Waals surface area contributed by atoms with Crippen LogP contribution in [0.15, 0.2) is 73.3 Å². The lowest BCUT2D eigenvalue weighted by Gasteiger charge is -2.37. The molecule has 0 bridgehead atoms. The highest BCUT2D eigenvalue weighted by Gasteiger charge is 2.35. The number of ether oxygens (including phenoxy) is 1. The van der Waals surface area contributed by atoms with Gasteiger partial charge in [-0.2, -0.15) is 0 Å². The summed E-state index contributed by atoms with van der Waals surface area (Å²) in [5.41, 5.74) is 8.45. The first-order valence-corrected chi connectivity index (χ1v) is 18.8. The van der Waals surface area contributed by atoms with Gasteiger partial charge < -0.3 is 34.6 Å². The fraction of sp³-hybridized carbons (Fsp3) is 0.351. The summed E-state index contributed by atoms with van der Waals surface area (Å²) in [4.78, 5) is 55.0. The van der Waals surface area contributed by atoms with Crippen molar-refractivity contribution in [2.24, 2.45) is 5.73 Å². The third-order valence-electron chi connectivity index (χ3n) is 8.07. The average molecular weight is 739 g/mol. The van der Waals surface area contributed by atoms with Crippen molar-refractivity contribution in [2.45, 2.75) is 46.1 Å². The lowest BCUT2D eigenvalue weighted by Crippen LogP contribution is -2.44. The molecule has 4 rings (SSSR count). The van der Waals surface area contributed by atoms with E-state index in [0.717, 1.165) is 16.7 Å². The van der Waals surface area contributed by atoms with E-state index in [1.54, 1.807) is 42.2 Å². The molecule has 272 valence electrons. The molecular weight excluding hydrogens is 695 g/mol. The topological polar surface area (TPSA) is 158 Å². The van der Waals surface area contributed by atoms with Crippen LogP contribution in [0.25, 0.3) is 0 Å². The molecule has 0 radical (unpaired) electrons. The number of amides is 4. The Morgan fingerprint density at radius 3 is 2.55 bits per heavy atom. The quantitative estimate of drug-likeness (QED) is 0.108. The molecule has 0 saturated heterocycles. The van der Waals surface area contributed by atoms with Crippen molar-refractivity contribution in [2.75, 3.05) is 44.3 Å². The van der Waals surface area contributed by atoms with Gasteiger partial charge in [-0.3, -0.25) is 23.7 Å². The maximum atomic E-state index is 14.3. The minimum atomic E-state index is -3.66. The summed E-state index contributed by atoms with van der Waals surface area (Å²) in [6.07, 6.45) is 1.92. The van der Waals surface area contributed by atoms with Crippen LogP contribution in [0.5, 0.6) is 11.5 Å². The van der Waals surface area contributed by atoms with E-state index in [1.807, 2.05) is 44.2 Å². The van der Waals surface area contributed by atoms with Crippen molar-refractivity contribution in [3.63, 3.8) is 0 Å². The van der Waals surface area contributed by atoms with Gasteiger partial charge in [0.2, 0.25) is 17.7 Å². The summed E-state index contributed by atoms with van der Waals surface area (Å²) in [6, 6.07) is 17.3. The monoisotopic (exact) mass is 738 g/mol. The summed E-state index contributed by atoms with van der Waals surface area (Å²) in [6.45, 7) is 9.24. The lowest BCUT2D eigenvalue weighted by molar-refractivity contribution is -0.134. The zero-order valence-electron chi connectivity index (χ0n) is 29.1. The number of benzene rings is 3. The fourth-order valence-corrected chi connectivity index (χ4v) is 7.38. The van der Waals surface area contributed by atoms with Gasteiger partial charge in [0.15, 0.2) is 0 Å². The normalized spacial score (nSPS) is 15.0. The van der Waals surface area contributed by atoms with Crippen LogP contribution in [0.3, 0.4) is 0 Å². The van der Waals surface area contributed by atoms with E-state index in [9.17, 15) is 23.7 Å². The van der Waals surface area contributed by atoms with E-state index in [1.165, 1.54) is 11.0 Å². The van der Waals surface area contributed by atoms with Crippen molar-refractivity contribution in [1.29, 1.82) is 0 Å². The van der Waals surface area contributed by atoms with E-state index in [2.05, 4.69) is 11.9 Å². The minimum Gasteiger partial charge on any atom is -0.457 e. The third-order valence-corrected chi connectivity index (χ3v) is 10.4. The molecule has 1 aliphatic heterocycles. The number of aryl methyl sites for hydroxylation is 1. The number of primary amides is 1. The van der Waals surface area contributed by atoms with Crippen LogP contribution in [0, 0.1) is 6.92 Å². The molecule has 2 atom stereocenters. The highest BCUT2D eigenvalue weighted by molar-refractivity contribution is 7.54. The molecule has 0 fully saturated rings. The molecule has 0 aliphatic carbocycles. The Bertz CT molecular complexity index is 1820. The molecule has 1 heterocycles. The molecular formula is C37H44ClN4O8P. The van der Waals surface area contributed by atoms with E-state index in [0.29, 0.717) is 40.6 Å². The highest BCUT2D eigenvalue weighted by atomic mass is 35.5. The molecule has 3 aromatic rings. The Balaban J connectivity index is 1.63. The number of nitrogens with two attached hydrogens (primary N) is 1. The zero-order chi connectivity index (χ0) is 37.1. The number of carbonyl (C=O) groups excluding carboxylic acids is 4. The summed E-state index contributed by atoms with van der Waals surface area (Å²) in [7, 11) is -3.66. The number of nitrogens with one attached hydrogen (secondary N) is 1. The lowest BCUT2D eigenvalue weighted by atomic mass is 9.88. The molecule has 3 aromatic carbocycles. The van der Waals surface area contributed by atoms with Crippen LogP contribution in [0.2, 0.25) is 5.02 Å². The largest absolute Gasteiger partial charge is 0.457 e. The summed E-state index contributed by atoms with van der Waals surface area (Å²) in [5, 5.41) is 3.28. The van der Waals surface area contributed by atoms with Crippen LogP contribution in [0.4, 0.5) is 5.69 Å². The number of halogens is 1. The van der Waals surface area contributed by atoms with E-state index in [-0.39, 0.29) is 51.1 Å². The van der Waals surface area contributed by atoms with Crippen LogP contribution >= 0.6 is 19.2 Å². The van der Waals surface area contributed by atoms with Crippen LogP contribution in [0.1, 0.15) is 59.8 Å². The SMILES string of the molecule is C=CCN(CC(N)=O)C(=O)CCN1C(=O)c2cc(NC(=O)CP(=O)(OCC)OCCC)ccc2CC1c1cccc(Oc2ccc(C)c(Cl)c2)c1. The number of hydrogen-bond donors (Lipinski definition) is 2. The van der Waals surface area contributed by atoms with Crippen LogP contribution < -0.4 is 15.8 Å². The number of rotatable bonds is 18. The Morgan fingerprint density at radius 2 is 1.86 bits per heavy atom. The fourth-order valence-electron chi connectivity index (χ4n) is 5.66. The second kappa shape index (κ2) is 18.1. The van der Waals surface area contributed by atoms with Crippen LogP contribution in [-0.2, 0) is 34.4 Å². The van der Waals surface area contributed by atoms with Crippen molar-refractivity contribution in [3.8, 4) is 11.5 Å². The smallest absolute Gasteiger partial charge is 0.340 e. The predicted molar refractivity (Wildman–Crippen MR) is 196 cm³/mol. The molecule has 0 spiro atoms. The van der Waals surface area contributed by atoms with Gasteiger partial charge in [-0.05, 0) is 79.8 Å². The van der Waals surface area contributed by atoms with E-state index in [4.69, 9.17) is 31.1 Å². The van der Waals surface area contributed by atoms with Gasteiger partial charge in [0.1, 0.15) is 17.7 Å². The molecule has 1 aliphatic rings. The number of hydrogen-bond acceptors (Lipinski definition) is 8. The minimum absolute atomic E-state index is 0.0235. The molecule has 0 aromatic heterocycles. The predicted octanol–water partition coefficient (Wildman–Crippen LogP) is 6.67. The van der Waals surface area contributed by atoms with Gasteiger partial charge in [-0.1, -0.05) is 48.9 Å². The highest BCUT2D eigenvalue weighted by Crippen LogP contribution is 2.48. The Morgan fingerprint density at radius 1 is 1.10 bits per heavy atom. The van der Waals surface area contributed by atoms with Gasteiger partial charge in [0.25, 0.3) is 5.91 Å². The number of carbonyl (C=O) groups is 4. The number of anilines is 1.